The molecule has 1 aromatic heterocycles. The van der Waals surface area contributed by atoms with Crippen LogP contribution in [0.1, 0.15) is 25.3 Å². The highest BCUT2D eigenvalue weighted by molar-refractivity contribution is 6.31. The summed E-state index contributed by atoms with van der Waals surface area (Å²) in [4.78, 5) is 16.2. The Morgan fingerprint density at radius 3 is 2.68 bits per heavy atom. The fourth-order valence-electron chi connectivity index (χ4n) is 3.28. The Balaban J connectivity index is 1.59. The molecule has 1 saturated carbocycles. The van der Waals surface area contributed by atoms with Crippen LogP contribution in [0.15, 0.2) is 48.7 Å². The predicted molar refractivity (Wildman–Crippen MR) is 100 cm³/mol. The summed E-state index contributed by atoms with van der Waals surface area (Å²) >= 11 is 6.14. The monoisotopic (exact) mass is 354 g/mol. The second-order valence-corrected chi connectivity index (χ2v) is 6.82. The summed E-state index contributed by atoms with van der Waals surface area (Å²) in [5.41, 5.74) is 2.33. The van der Waals surface area contributed by atoms with Crippen LogP contribution < -0.4 is 10.1 Å². The Morgan fingerprint density at radius 1 is 1.24 bits per heavy atom. The van der Waals surface area contributed by atoms with E-state index in [0.717, 1.165) is 40.7 Å². The number of halogens is 1. The van der Waals surface area contributed by atoms with Gasteiger partial charge in [0.1, 0.15) is 5.75 Å². The van der Waals surface area contributed by atoms with Gasteiger partial charge in [-0.05, 0) is 67.8 Å². The molecule has 4 nitrogen and oxygen atoms in total. The first kappa shape index (κ1) is 16.0. The van der Waals surface area contributed by atoms with Gasteiger partial charge in [0.25, 0.3) is 0 Å². The number of H-pyrrole nitrogens is 1. The van der Waals surface area contributed by atoms with Crippen molar-refractivity contribution < 1.29 is 9.53 Å². The standard InChI is InChI=1S/C20H19ClN2O2/c1-2-25-15-6-4-14(5-7-15)23-19(24)20(9-10-20)17-12-22-18-8-3-13(21)11-16(17)18/h3-8,11-12,22H,2,9-10H2,1H3,(H,23,24). The summed E-state index contributed by atoms with van der Waals surface area (Å²) in [6, 6.07) is 13.2. The van der Waals surface area contributed by atoms with Crippen LogP contribution in [0.3, 0.4) is 0 Å². The predicted octanol–water partition coefficient (Wildman–Crippen LogP) is 4.89. The number of ether oxygens (including phenoxy) is 1. The lowest BCUT2D eigenvalue weighted by molar-refractivity contribution is -0.118. The van der Waals surface area contributed by atoms with Gasteiger partial charge in [0.05, 0.1) is 12.0 Å². The molecule has 0 atom stereocenters. The minimum atomic E-state index is -0.471. The number of carbonyl (C=O) groups excluding carboxylic acids is 1. The molecule has 0 spiro atoms. The minimum Gasteiger partial charge on any atom is -0.494 e. The van der Waals surface area contributed by atoms with E-state index in [9.17, 15) is 4.79 Å². The quantitative estimate of drug-likeness (QED) is 0.685. The Morgan fingerprint density at radius 2 is 2.00 bits per heavy atom. The van der Waals surface area contributed by atoms with E-state index in [1.165, 1.54) is 0 Å². The zero-order chi connectivity index (χ0) is 17.4. The molecule has 25 heavy (non-hydrogen) atoms. The first-order valence-electron chi connectivity index (χ1n) is 8.44. The molecule has 2 aromatic carbocycles. The topological polar surface area (TPSA) is 54.1 Å². The van der Waals surface area contributed by atoms with Gasteiger partial charge in [-0.15, -0.1) is 0 Å². The number of anilines is 1. The van der Waals surface area contributed by atoms with Crippen molar-refractivity contribution in [1.82, 2.24) is 4.98 Å². The number of amides is 1. The molecule has 4 rings (SSSR count). The molecule has 128 valence electrons. The summed E-state index contributed by atoms with van der Waals surface area (Å²) in [6.45, 7) is 2.57. The molecule has 0 aliphatic heterocycles. The summed E-state index contributed by atoms with van der Waals surface area (Å²) in [7, 11) is 0. The van der Waals surface area contributed by atoms with Crippen molar-refractivity contribution in [2.24, 2.45) is 0 Å². The minimum absolute atomic E-state index is 0.0255. The highest BCUT2D eigenvalue weighted by Crippen LogP contribution is 2.51. The number of aromatic amines is 1. The van der Waals surface area contributed by atoms with Gasteiger partial charge in [-0.2, -0.15) is 0 Å². The molecule has 5 heteroatoms. The van der Waals surface area contributed by atoms with Crippen LogP contribution in [-0.4, -0.2) is 17.5 Å². The summed E-state index contributed by atoms with van der Waals surface area (Å²) in [5.74, 6) is 0.824. The van der Waals surface area contributed by atoms with Crippen LogP contribution in [-0.2, 0) is 10.2 Å². The highest BCUT2D eigenvalue weighted by Gasteiger charge is 2.52. The molecular weight excluding hydrogens is 336 g/mol. The van der Waals surface area contributed by atoms with E-state index >= 15 is 0 Å². The lowest BCUT2D eigenvalue weighted by Gasteiger charge is -2.15. The van der Waals surface area contributed by atoms with Crippen LogP contribution in [0, 0.1) is 0 Å². The molecule has 1 amide bonds. The number of nitrogens with one attached hydrogen (secondary N) is 2. The van der Waals surface area contributed by atoms with Crippen LogP contribution in [0.2, 0.25) is 5.02 Å². The largest absolute Gasteiger partial charge is 0.494 e. The molecule has 3 aromatic rings. The van der Waals surface area contributed by atoms with E-state index in [1.807, 2.05) is 55.6 Å². The van der Waals surface area contributed by atoms with E-state index in [0.29, 0.717) is 11.6 Å². The normalized spacial score (nSPS) is 15.1. The van der Waals surface area contributed by atoms with E-state index in [2.05, 4.69) is 10.3 Å². The summed E-state index contributed by atoms with van der Waals surface area (Å²) < 4.78 is 5.43. The first-order valence-corrected chi connectivity index (χ1v) is 8.81. The van der Waals surface area contributed by atoms with Gasteiger partial charge >= 0.3 is 0 Å². The molecule has 0 bridgehead atoms. The van der Waals surface area contributed by atoms with Gasteiger partial charge < -0.3 is 15.0 Å². The average Bonchev–Trinajstić information content (AvgIpc) is 3.31. The van der Waals surface area contributed by atoms with E-state index < -0.39 is 5.41 Å². The van der Waals surface area contributed by atoms with Gasteiger partial charge in [-0.25, -0.2) is 0 Å². The molecule has 0 saturated heterocycles. The van der Waals surface area contributed by atoms with Crippen molar-refractivity contribution >= 4 is 34.1 Å². The lowest BCUT2D eigenvalue weighted by Crippen LogP contribution is -2.27. The molecular formula is C20H19ClN2O2. The zero-order valence-electron chi connectivity index (χ0n) is 13.9. The SMILES string of the molecule is CCOc1ccc(NC(=O)C2(c3c[nH]c4ccc(Cl)cc34)CC2)cc1. The third-order valence-electron chi connectivity index (χ3n) is 4.77. The van der Waals surface area contributed by atoms with E-state index in [4.69, 9.17) is 16.3 Å². The molecule has 1 aliphatic rings. The van der Waals surface area contributed by atoms with Gasteiger partial charge in [0.2, 0.25) is 5.91 Å². The fraction of sp³-hybridized carbons (Fsp3) is 0.250. The zero-order valence-corrected chi connectivity index (χ0v) is 14.7. The number of hydrogen-bond acceptors (Lipinski definition) is 2. The third-order valence-corrected chi connectivity index (χ3v) is 5.00. The number of carbonyl (C=O) groups is 1. The van der Waals surface area contributed by atoms with Crippen molar-refractivity contribution in [2.45, 2.75) is 25.2 Å². The number of hydrogen-bond donors (Lipinski definition) is 2. The summed E-state index contributed by atoms with van der Waals surface area (Å²) in [5, 5.41) is 4.74. The Kier molecular flexibility index (Phi) is 3.92. The van der Waals surface area contributed by atoms with E-state index in [-0.39, 0.29) is 5.91 Å². The maximum Gasteiger partial charge on any atom is 0.235 e. The Labute approximate surface area is 151 Å². The summed E-state index contributed by atoms with van der Waals surface area (Å²) in [6.07, 6.45) is 3.62. The van der Waals surface area contributed by atoms with Crippen LogP contribution in [0.25, 0.3) is 10.9 Å². The van der Waals surface area contributed by atoms with Crippen molar-refractivity contribution in [3.8, 4) is 5.75 Å². The second-order valence-electron chi connectivity index (χ2n) is 6.39. The Bertz CT molecular complexity index is 927. The average molecular weight is 355 g/mol. The maximum absolute atomic E-state index is 12.9. The fourth-order valence-corrected chi connectivity index (χ4v) is 3.46. The highest BCUT2D eigenvalue weighted by atomic mass is 35.5. The first-order chi connectivity index (χ1) is 12.1. The van der Waals surface area contributed by atoms with Crippen molar-refractivity contribution in [3.05, 3.63) is 59.2 Å². The van der Waals surface area contributed by atoms with Crippen LogP contribution in [0.4, 0.5) is 5.69 Å². The van der Waals surface area contributed by atoms with Gasteiger partial charge in [0.15, 0.2) is 0 Å². The third kappa shape index (κ3) is 2.87. The van der Waals surface area contributed by atoms with Crippen molar-refractivity contribution in [3.63, 3.8) is 0 Å². The maximum atomic E-state index is 12.9. The van der Waals surface area contributed by atoms with Gasteiger partial charge in [-0.3, -0.25) is 4.79 Å². The smallest absolute Gasteiger partial charge is 0.235 e. The number of rotatable bonds is 5. The molecule has 0 radical (unpaired) electrons. The number of fused-ring (bicyclic) bond motifs is 1. The van der Waals surface area contributed by atoms with Crippen molar-refractivity contribution in [2.75, 3.05) is 11.9 Å². The second kappa shape index (κ2) is 6.12. The van der Waals surface area contributed by atoms with E-state index in [1.54, 1.807) is 0 Å². The number of aromatic nitrogens is 1. The number of benzene rings is 2. The molecule has 1 aliphatic carbocycles. The lowest BCUT2D eigenvalue weighted by atomic mass is 9.94. The molecule has 1 heterocycles. The molecule has 0 unspecified atom stereocenters. The van der Waals surface area contributed by atoms with Gasteiger partial charge in [0, 0.05) is 27.8 Å². The van der Waals surface area contributed by atoms with Crippen molar-refractivity contribution in [1.29, 1.82) is 0 Å². The van der Waals surface area contributed by atoms with Gasteiger partial charge in [-0.1, -0.05) is 11.6 Å². The molecule has 1 fully saturated rings. The van der Waals surface area contributed by atoms with Crippen LogP contribution >= 0.6 is 11.6 Å². The molecule has 2 N–H and O–H groups in total. The Hall–Kier alpha value is -2.46. The van der Waals surface area contributed by atoms with Crippen LogP contribution in [0.5, 0.6) is 5.75 Å².